The zero-order chi connectivity index (χ0) is 20.6. The predicted octanol–water partition coefficient (Wildman–Crippen LogP) is 6.24. The molecule has 0 radical (unpaired) electrons. The van der Waals surface area contributed by atoms with Gasteiger partial charge in [-0.3, -0.25) is 4.79 Å². The van der Waals surface area contributed by atoms with E-state index in [0.29, 0.717) is 34.7 Å². The number of ether oxygens (including phenoxy) is 2. The molecule has 150 valence electrons. The molecular formula is C24H24BrNO3. The van der Waals surface area contributed by atoms with Crippen LogP contribution in [0.2, 0.25) is 0 Å². The van der Waals surface area contributed by atoms with Crippen molar-refractivity contribution in [1.29, 1.82) is 0 Å². The number of aryl methyl sites for hydroxylation is 1. The number of carbonyl (C=O) groups excluding carboxylic acids is 1. The van der Waals surface area contributed by atoms with Crippen LogP contribution in [-0.2, 0) is 13.0 Å². The van der Waals surface area contributed by atoms with Crippen LogP contribution in [0.25, 0.3) is 0 Å². The normalized spacial score (nSPS) is 10.4. The molecule has 5 heteroatoms. The quantitative estimate of drug-likeness (QED) is 0.438. The lowest BCUT2D eigenvalue weighted by Crippen LogP contribution is -2.14. The van der Waals surface area contributed by atoms with Crippen molar-refractivity contribution in [3.8, 4) is 11.5 Å². The van der Waals surface area contributed by atoms with Gasteiger partial charge in [-0.05, 0) is 58.6 Å². The summed E-state index contributed by atoms with van der Waals surface area (Å²) in [6.45, 7) is 4.86. The average Bonchev–Trinajstić information content (AvgIpc) is 2.75. The van der Waals surface area contributed by atoms with Crippen molar-refractivity contribution in [2.24, 2.45) is 0 Å². The molecule has 3 aromatic rings. The highest BCUT2D eigenvalue weighted by atomic mass is 79.9. The van der Waals surface area contributed by atoms with E-state index < -0.39 is 0 Å². The molecule has 0 unspecified atom stereocenters. The van der Waals surface area contributed by atoms with E-state index in [1.54, 1.807) is 12.1 Å². The van der Waals surface area contributed by atoms with Gasteiger partial charge in [0.05, 0.1) is 11.1 Å². The van der Waals surface area contributed by atoms with Crippen LogP contribution in [0, 0.1) is 0 Å². The first-order valence-corrected chi connectivity index (χ1v) is 10.4. The zero-order valence-electron chi connectivity index (χ0n) is 16.6. The largest absolute Gasteiger partial charge is 0.489 e. The third kappa shape index (κ3) is 5.39. The van der Waals surface area contributed by atoms with Crippen molar-refractivity contribution in [3.05, 3.63) is 87.9 Å². The Kier molecular flexibility index (Phi) is 7.30. The highest BCUT2D eigenvalue weighted by molar-refractivity contribution is 9.10. The third-order valence-electron chi connectivity index (χ3n) is 4.44. The number of amides is 1. The number of hydrogen-bond donors (Lipinski definition) is 1. The molecule has 1 amide bonds. The number of rotatable bonds is 8. The second kappa shape index (κ2) is 10.1. The Labute approximate surface area is 180 Å². The Morgan fingerprint density at radius 3 is 2.41 bits per heavy atom. The number of nitrogens with one attached hydrogen (secondary N) is 1. The number of halogens is 1. The van der Waals surface area contributed by atoms with Crippen molar-refractivity contribution >= 4 is 27.5 Å². The standard InChI is InChI=1S/C24H24BrNO3/c1-3-18-12-8-9-13-21(18)26-24(27)19-14-20(25)23(28-4-2)22(15-19)29-16-17-10-6-5-7-11-17/h5-15H,3-4,16H2,1-2H3,(H,26,27). The Balaban J connectivity index is 1.86. The first-order chi connectivity index (χ1) is 14.1. The van der Waals surface area contributed by atoms with Crippen molar-refractivity contribution in [2.45, 2.75) is 26.9 Å². The maximum atomic E-state index is 12.9. The smallest absolute Gasteiger partial charge is 0.255 e. The molecule has 0 fully saturated rings. The number of benzene rings is 3. The molecule has 0 aliphatic carbocycles. The Morgan fingerprint density at radius 1 is 0.966 bits per heavy atom. The van der Waals surface area contributed by atoms with Gasteiger partial charge in [-0.15, -0.1) is 0 Å². The van der Waals surface area contributed by atoms with E-state index >= 15 is 0 Å². The summed E-state index contributed by atoms with van der Waals surface area (Å²) < 4.78 is 12.4. The Hall–Kier alpha value is -2.79. The van der Waals surface area contributed by atoms with Gasteiger partial charge in [-0.25, -0.2) is 0 Å². The minimum Gasteiger partial charge on any atom is -0.489 e. The molecule has 3 aromatic carbocycles. The number of anilines is 1. The van der Waals surface area contributed by atoms with Crippen LogP contribution in [0.5, 0.6) is 11.5 Å². The first kappa shape index (κ1) is 20.9. The topological polar surface area (TPSA) is 47.6 Å². The summed E-state index contributed by atoms with van der Waals surface area (Å²) in [5.74, 6) is 0.923. The first-order valence-electron chi connectivity index (χ1n) is 9.64. The summed E-state index contributed by atoms with van der Waals surface area (Å²) in [4.78, 5) is 12.9. The maximum Gasteiger partial charge on any atom is 0.255 e. The van der Waals surface area contributed by atoms with Crippen LogP contribution >= 0.6 is 15.9 Å². The molecule has 29 heavy (non-hydrogen) atoms. The summed E-state index contributed by atoms with van der Waals surface area (Å²) in [5, 5.41) is 3.00. The predicted molar refractivity (Wildman–Crippen MR) is 120 cm³/mol. The molecule has 1 N–H and O–H groups in total. The lowest BCUT2D eigenvalue weighted by Gasteiger charge is -2.16. The summed E-state index contributed by atoms with van der Waals surface area (Å²) >= 11 is 3.52. The summed E-state index contributed by atoms with van der Waals surface area (Å²) in [7, 11) is 0. The van der Waals surface area contributed by atoms with E-state index in [9.17, 15) is 4.79 Å². The molecule has 0 saturated heterocycles. The number of para-hydroxylation sites is 1. The SMILES string of the molecule is CCOc1c(Br)cc(C(=O)Nc2ccccc2CC)cc1OCc1ccccc1. The van der Waals surface area contributed by atoms with E-state index in [1.807, 2.05) is 61.5 Å². The molecule has 0 bridgehead atoms. The van der Waals surface area contributed by atoms with Crippen LogP contribution in [-0.4, -0.2) is 12.5 Å². The Morgan fingerprint density at radius 2 is 1.69 bits per heavy atom. The zero-order valence-corrected chi connectivity index (χ0v) is 18.2. The van der Waals surface area contributed by atoms with Crippen molar-refractivity contribution in [2.75, 3.05) is 11.9 Å². The lowest BCUT2D eigenvalue weighted by atomic mass is 10.1. The van der Waals surface area contributed by atoms with Crippen LogP contribution < -0.4 is 14.8 Å². The minimum absolute atomic E-state index is 0.195. The molecule has 0 heterocycles. The molecule has 0 saturated carbocycles. The Bertz CT molecular complexity index is 973. The third-order valence-corrected chi connectivity index (χ3v) is 5.03. The van der Waals surface area contributed by atoms with Gasteiger partial charge in [0.1, 0.15) is 6.61 Å². The molecule has 0 aliphatic rings. The van der Waals surface area contributed by atoms with Gasteiger partial charge in [0.25, 0.3) is 5.91 Å². The van der Waals surface area contributed by atoms with E-state index in [2.05, 4.69) is 28.2 Å². The molecule has 4 nitrogen and oxygen atoms in total. The van der Waals surface area contributed by atoms with E-state index in [-0.39, 0.29) is 5.91 Å². The summed E-state index contributed by atoms with van der Waals surface area (Å²) in [6.07, 6.45) is 0.842. The molecule has 0 atom stereocenters. The van der Waals surface area contributed by atoms with Crippen molar-refractivity contribution in [1.82, 2.24) is 0 Å². The minimum atomic E-state index is -0.195. The molecule has 0 spiro atoms. The van der Waals surface area contributed by atoms with Crippen molar-refractivity contribution in [3.63, 3.8) is 0 Å². The van der Waals surface area contributed by atoms with Gasteiger partial charge in [0, 0.05) is 11.3 Å². The van der Waals surface area contributed by atoms with E-state index in [0.717, 1.165) is 23.2 Å². The second-order valence-electron chi connectivity index (χ2n) is 6.46. The second-order valence-corrected chi connectivity index (χ2v) is 7.31. The van der Waals surface area contributed by atoms with Gasteiger partial charge in [0.15, 0.2) is 11.5 Å². The lowest BCUT2D eigenvalue weighted by molar-refractivity contribution is 0.102. The van der Waals surface area contributed by atoms with Gasteiger partial charge in [-0.2, -0.15) is 0 Å². The summed E-state index contributed by atoms with van der Waals surface area (Å²) in [6, 6.07) is 21.2. The monoisotopic (exact) mass is 453 g/mol. The van der Waals surface area contributed by atoms with Crippen LogP contribution in [0.1, 0.15) is 35.3 Å². The van der Waals surface area contributed by atoms with Crippen LogP contribution in [0.3, 0.4) is 0 Å². The van der Waals surface area contributed by atoms with E-state index in [4.69, 9.17) is 9.47 Å². The number of carbonyl (C=O) groups is 1. The molecule has 0 aliphatic heterocycles. The average molecular weight is 454 g/mol. The molecule has 0 aromatic heterocycles. The van der Waals surface area contributed by atoms with Crippen molar-refractivity contribution < 1.29 is 14.3 Å². The van der Waals surface area contributed by atoms with Crippen LogP contribution in [0.15, 0.2) is 71.2 Å². The van der Waals surface area contributed by atoms with Gasteiger partial charge >= 0.3 is 0 Å². The fraction of sp³-hybridized carbons (Fsp3) is 0.208. The molecule has 3 rings (SSSR count). The number of hydrogen-bond acceptors (Lipinski definition) is 3. The maximum absolute atomic E-state index is 12.9. The van der Waals surface area contributed by atoms with E-state index in [1.165, 1.54) is 0 Å². The van der Waals surface area contributed by atoms with Gasteiger partial charge < -0.3 is 14.8 Å². The highest BCUT2D eigenvalue weighted by Crippen LogP contribution is 2.37. The fourth-order valence-electron chi connectivity index (χ4n) is 2.97. The van der Waals surface area contributed by atoms with Crippen LogP contribution in [0.4, 0.5) is 5.69 Å². The fourth-order valence-corrected chi connectivity index (χ4v) is 3.53. The molecular weight excluding hydrogens is 430 g/mol. The van der Waals surface area contributed by atoms with Gasteiger partial charge in [-0.1, -0.05) is 55.5 Å². The summed E-state index contributed by atoms with van der Waals surface area (Å²) in [5.41, 5.74) is 3.44. The highest BCUT2D eigenvalue weighted by Gasteiger charge is 2.17. The van der Waals surface area contributed by atoms with Gasteiger partial charge in [0.2, 0.25) is 0 Å².